The van der Waals surface area contributed by atoms with Gasteiger partial charge in [-0.1, -0.05) is 12.1 Å². The maximum Gasteiger partial charge on any atom is 0.121 e. The van der Waals surface area contributed by atoms with Crippen LogP contribution in [0.1, 0.15) is 35.5 Å². The van der Waals surface area contributed by atoms with Crippen LogP contribution >= 0.6 is 0 Å². The van der Waals surface area contributed by atoms with Crippen LogP contribution in [0.3, 0.4) is 0 Å². The average molecular weight is 336 g/mol. The molecule has 0 unspecified atom stereocenters. The summed E-state index contributed by atoms with van der Waals surface area (Å²) in [5.41, 5.74) is 4.43. The summed E-state index contributed by atoms with van der Waals surface area (Å²) in [4.78, 5) is 14.9. The van der Waals surface area contributed by atoms with Crippen LogP contribution in [0.25, 0.3) is 11.0 Å². The van der Waals surface area contributed by atoms with E-state index in [1.807, 2.05) is 25.3 Å². The first-order chi connectivity index (χ1) is 12.0. The predicted octanol–water partition coefficient (Wildman–Crippen LogP) is 3.06. The molecular formula is C20H24N4O. The molecule has 0 radical (unpaired) electrons. The Kier molecular flexibility index (Phi) is 4.06. The Morgan fingerprint density at radius 1 is 1.12 bits per heavy atom. The van der Waals surface area contributed by atoms with Gasteiger partial charge in [-0.2, -0.15) is 0 Å². The number of fused-ring (bicyclic) bond motifs is 1. The van der Waals surface area contributed by atoms with Crippen LogP contribution < -0.4 is 0 Å². The Morgan fingerprint density at radius 2 is 1.88 bits per heavy atom. The van der Waals surface area contributed by atoms with Crippen molar-refractivity contribution in [1.82, 2.24) is 19.9 Å². The molecule has 0 atom stereocenters. The SMILES string of the molecule is Cc1ccc(C2(O)CCN(Cc3nc4ccc(C)cc4[nH]3)CC2)nc1. The van der Waals surface area contributed by atoms with E-state index in [2.05, 4.69) is 45.0 Å². The molecule has 130 valence electrons. The fourth-order valence-electron chi connectivity index (χ4n) is 3.54. The van der Waals surface area contributed by atoms with Gasteiger partial charge in [0.1, 0.15) is 11.4 Å². The molecule has 1 saturated heterocycles. The molecule has 4 rings (SSSR count). The van der Waals surface area contributed by atoms with Gasteiger partial charge in [0.25, 0.3) is 0 Å². The maximum absolute atomic E-state index is 10.9. The van der Waals surface area contributed by atoms with Crippen molar-refractivity contribution in [1.29, 1.82) is 0 Å². The molecule has 1 fully saturated rings. The van der Waals surface area contributed by atoms with Crippen molar-refractivity contribution < 1.29 is 5.11 Å². The van der Waals surface area contributed by atoms with E-state index in [0.29, 0.717) is 12.8 Å². The van der Waals surface area contributed by atoms with E-state index in [0.717, 1.165) is 47.7 Å². The van der Waals surface area contributed by atoms with E-state index in [9.17, 15) is 5.11 Å². The summed E-state index contributed by atoms with van der Waals surface area (Å²) in [5, 5.41) is 10.9. The quantitative estimate of drug-likeness (QED) is 0.771. The van der Waals surface area contributed by atoms with Crippen LogP contribution in [0.2, 0.25) is 0 Å². The minimum atomic E-state index is -0.810. The Balaban J connectivity index is 1.43. The van der Waals surface area contributed by atoms with Gasteiger partial charge >= 0.3 is 0 Å². The first kappa shape index (κ1) is 16.2. The summed E-state index contributed by atoms with van der Waals surface area (Å²) in [5.74, 6) is 0.986. The van der Waals surface area contributed by atoms with E-state index >= 15 is 0 Å². The summed E-state index contributed by atoms with van der Waals surface area (Å²) in [6, 6.07) is 10.2. The van der Waals surface area contributed by atoms with Crippen molar-refractivity contribution in [3.05, 3.63) is 59.2 Å². The fraction of sp³-hybridized carbons (Fsp3) is 0.400. The summed E-state index contributed by atoms with van der Waals surface area (Å²) < 4.78 is 0. The van der Waals surface area contributed by atoms with Gasteiger partial charge in [-0.3, -0.25) is 9.88 Å². The summed E-state index contributed by atoms with van der Waals surface area (Å²) >= 11 is 0. The third-order valence-electron chi connectivity index (χ3n) is 5.13. The molecule has 2 N–H and O–H groups in total. The van der Waals surface area contributed by atoms with Crippen molar-refractivity contribution in [3.8, 4) is 0 Å². The van der Waals surface area contributed by atoms with Crippen LogP contribution in [0.5, 0.6) is 0 Å². The number of hydrogen-bond acceptors (Lipinski definition) is 4. The van der Waals surface area contributed by atoms with Crippen LogP contribution in [-0.2, 0) is 12.1 Å². The van der Waals surface area contributed by atoms with Gasteiger partial charge in [-0.25, -0.2) is 4.98 Å². The number of aromatic amines is 1. The van der Waals surface area contributed by atoms with E-state index in [4.69, 9.17) is 0 Å². The number of aryl methyl sites for hydroxylation is 2. The largest absolute Gasteiger partial charge is 0.383 e. The smallest absolute Gasteiger partial charge is 0.121 e. The van der Waals surface area contributed by atoms with Gasteiger partial charge in [-0.05, 0) is 56.0 Å². The molecule has 3 heterocycles. The van der Waals surface area contributed by atoms with E-state index < -0.39 is 5.60 Å². The van der Waals surface area contributed by atoms with Gasteiger partial charge < -0.3 is 10.1 Å². The number of aromatic nitrogens is 3. The van der Waals surface area contributed by atoms with Crippen molar-refractivity contribution in [2.75, 3.05) is 13.1 Å². The molecule has 1 aliphatic rings. The lowest BCUT2D eigenvalue weighted by atomic mass is 9.87. The molecule has 5 heteroatoms. The molecule has 0 spiro atoms. The summed E-state index contributed by atoms with van der Waals surface area (Å²) in [6.07, 6.45) is 3.22. The Morgan fingerprint density at radius 3 is 2.60 bits per heavy atom. The average Bonchev–Trinajstić information content (AvgIpc) is 2.99. The van der Waals surface area contributed by atoms with Gasteiger partial charge in [0.2, 0.25) is 0 Å². The normalized spacial score (nSPS) is 17.9. The van der Waals surface area contributed by atoms with Crippen LogP contribution in [-0.4, -0.2) is 38.0 Å². The van der Waals surface area contributed by atoms with Crippen LogP contribution in [0, 0.1) is 13.8 Å². The molecule has 0 amide bonds. The lowest BCUT2D eigenvalue weighted by Crippen LogP contribution is -2.42. The molecular weight excluding hydrogens is 312 g/mol. The third kappa shape index (κ3) is 3.30. The fourth-order valence-corrected chi connectivity index (χ4v) is 3.54. The van der Waals surface area contributed by atoms with Crippen molar-refractivity contribution in [3.63, 3.8) is 0 Å². The number of H-pyrrole nitrogens is 1. The number of aliphatic hydroxyl groups is 1. The van der Waals surface area contributed by atoms with Gasteiger partial charge in [-0.15, -0.1) is 0 Å². The summed E-state index contributed by atoms with van der Waals surface area (Å²) in [7, 11) is 0. The molecule has 5 nitrogen and oxygen atoms in total. The number of pyridine rings is 1. The summed E-state index contributed by atoms with van der Waals surface area (Å²) in [6.45, 7) is 6.55. The zero-order valence-corrected chi connectivity index (χ0v) is 14.8. The topological polar surface area (TPSA) is 65.0 Å². The lowest BCUT2D eigenvalue weighted by Gasteiger charge is -2.37. The minimum Gasteiger partial charge on any atom is -0.383 e. The second-order valence-corrected chi connectivity index (χ2v) is 7.23. The molecule has 3 aromatic rings. The maximum atomic E-state index is 10.9. The Hall–Kier alpha value is -2.24. The predicted molar refractivity (Wildman–Crippen MR) is 98.2 cm³/mol. The standard InChI is InChI=1S/C20H24N4O/c1-14-3-5-16-17(11-14)23-19(22-16)13-24-9-7-20(25,8-10-24)18-6-4-15(2)12-21-18/h3-6,11-12,25H,7-10,13H2,1-2H3,(H,22,23). The highest BCUT2D eigenvalue weighted by Crippen LogP contribution is 2.32. The highest BCUT2D eigenvalue weighted by molar-refractivity contribution is 5.75. The Labute approximate surface area is 147 Å². The van der Waals surface area contributed by atoms with Crippen molar-refractivity contribution >= 4 is 11.0 Å². The van der Waals surface area contributed by atoms with Gasteiger partial charge in [0.15, 0.2) is 0 Å². The second-order valence-electron chi connectivity index (χ2n) is 7.23. The van der Waals surface area contributed by atoms with E-state index in [1.54, 1.807) is 0 Å². The first-order valence-electron chi connectivity index (χ1n) is 8.85. The number of imidazole rings is 1. The highest BCUT2D eigenvalue weighted by atomic mass is 16.3. The monoisotopic (exact) mass is 336 g/mol. The molecule has 0 aliphatic carbocycles. The number of hydrogen-bond donors (Lipinski definition) is 2. The zero-order valence-electron chi connectivity index (χ0n) is 14.8. The van der Waals surface area contributed by atoms with Crippen molar-refractivity contribution in [2.24, 2.45) is 0 Å². The van der Waals surface area contributed by atoms with Crippen molar-refractivity contribution in [2.45, 2.75) is 38.8 Å². The molecule has 25 heavy (non-hydrogen) atoms. The molecule has 0 saturated carbocycles. The van der Waals surface area contributed by atoms with E-state index in [1.165, 1.54) is 5.56 Å². The highest BCUT2D eigenvalue weighted by Gasteiger charge is 2.35. The molecule has 1 aliphatic heterocycles. The molecule has 2 aromatic heterocycles. The minimum absolute atomic E-state index is 0.697. The number of nitrogens with one attached hydrogen (secondary N) is 1. The van der Waals surface area contributed by atoms with E-state index in [-0.39, 0.29) is 0 Å². The van der Waals surface area contributed by atoms with Gasteiger partial charge in [0, 0.05) is 19.3 Å². The Bertz CT molecular complexity index is 876. The second kappa shape index (κ2) is 6.24. The lowest BCUT2D eigenvalue weighted by molar-refractivity contribution is -0.0315. The number of piperidine rings is 1. The number of rotatable bonds is 3. The van der Waals surface area contributed by atoms with Gasteiger partial charge in [0.05, 0.1) is 23.3 Å². The first-order valence-corrected chi connectivity index (χ1v) is 8.85. The zero-order chi connectivity index (χ0) is 17.4. The number of likely N-dealkylation sites (tertiary alicyclic amines) is 1. The van der Waals surface area contributed by atoms with Crippen LogP contribution in [0.15, 0.2) is 36.5 Å². The van der Waals surface area contributed by atoms with Crippen LogP contribution in [0.4, 0.5) is 0 Å². The molecule has 1 aromatic carbocycles. The number of nitrogens with zero attached hydrogens (tertiary/aromatic N) is 3. The molecule has 0 bridgehead atoms. The third-order valence-corrected chi connectivity index (χ3v) is 5.13. The number of benzene rings is 1.